The summed E-state index contributed by atoms with van der Waals surface area (Å²) >= 11 is 7.44. The number of nitrogens with zero attached hydrogens (tertiary/aromatic N) is 1. The predicted octanol–water partition coefficient (Wildman–Crippen LogP) is 4.93. The molecule has 2 atom stereocenters. The molecule has 6 nitrogen and oxygen atoms in total. The quantitative estimate of drug-likeness (QED) is 0.624. The molecule has 1 aliphatic carbocycles. The molecule has 0 radical (unpaired) electrons. The van der Waals surface area contributed by atoms with Gasteiger partial charge in [-0.2, -0.15) is 0 Å². The maximum Gasteiger partial charge on any atom is 0.325 e. The Labute approximate surface area is 190 Å². The van der Waals surface area contributed by atoms with Crippen LogP contribution in [0.3, 0.4) is 0 Å². The minimum atomic E-state index is -0.863. The van der Waals surface area contributed by atoms with Gasteiger partial charge in [0.15, 0.2) is 0 Å². The van der Waals surface area contributed by atoms with Gasteiger partial charge in [0.05, 0.1) is 5.69 Å². The van der Waals surface area contributed by atoms with Crippen LogP contribution in [0.25, 0.3) is 0 Å². The minimum absolute atomic E-state index is 0.0577. The molecular formula is C23H24ClN3O3S. The summed E-state index contributed by atoms with van der Waals surface area (Å²) in [5, 5.41) is 6.39. The summed E-state index contributed by atoms with van der Waals surface area (Å²) in [6.07, 6.45) is 3.46. The monoisotopic (exact) mass is 457 g/mol. The number of carbonyl (C=O) groups excluding carboxylic acids is 3. The Kier molecular flexibility index (Phi) is 6.25. The summed E-state index contributed by atoms with van der Waals surface area (Å²) in [6, 6.07) is 14.4. The van der Waals surface area contributed by atoms with Crippen molar-refractivity contribution in [3.63, 3.8) is 0 Å². The van der Waals surface area contributed by atoms with E-state index in [0.717, 1.165) is 34.0 Å². The second kappa shape index (κ2) is 8.93. The summed E-state index contributed by atoms with van der Waals surface area (Å²) in [5.41, 5.74) is -0.238. The van der Waals surface area contributed by atoms with Crippen molar-refractivity contribution in [1.82, 2.24) is 10.2 Å². The van der Waals surface area contributed by atoms with E-state index in [1.807, 2.05) is 49.4 Å². The van der Waals surface area contributed by atoms with Crippen LogP contribution < -0.4 is 10.6 Å². The molecule has 1 spiro atoms. The molecule has 4 rings (SSSR count). The van der Waals surface area contributed by atoms with Crippen molar-refractivity contribution in [3.8, 4) is 0 Å². The molecule has 1 saturated heterocycles. The van der Waals surface area contributed by atoms with Crippen LogP contribution in [0.4, 0.5) is 10.5 Å². The number of amides is 4. The summed E-state index contributed by atoms with van der Waals surface area (Å²) in [5.74, 6) is -0.640. The number of hydrogen-bond donors (Lipinski definition) is 2. The molecule has 4 amide bonds. The number of nitrogens with one attached hydrogen (secondary N) is 2. The number of para-hydroxylation sites is 1. The Morgan fingerprint density at radius 1 is 1.19 bits per heavy atom. The van der Waals surface area contributed by atoms with Crippen molar-refractivity contribution in [3.05, 3.63) is 53.6 Å². The van der Waals surface area contributed by atoms with E-state index < -0.39 is 17.5 Å². The lowest BCUT2D eigenvalue weighted by Gasteiger charge is -2.36. The van der Waals surface area contributed by atoms with E-state index >= 15 is 0 Å². The van der Waals surface area contributed by atoms with E-state index in [1.165, 1.54) is 11.8 Å². The third-order valence-electron chi connectivity index (χ3n) is 6.01. The Balaban J connectivity index is 1.45. The zero-order valence-corrected chi connectivity index (χ0v) is 18.8. The molecule has 2 fully saturated rings. The smallest absolute Gasteiger partial charge is 0.323 e. The van der Waals surface area contributed by atoms with Gasteiger partial charge in [0.1, 0.15) is 12.1 Å². The van der Waals surface area contributed by atoms with Crippen LogP contribution in [0.5, 0.6) is 0 Å². The Morgan fingerprint density at radius 2 is 1.94 bits per heavy atom. The van der Waals surface area contributed by atoms with Gasteiger partial charge in [-0.3, -0.25) is 14.5 Å². The summed E-state index contributed by atoms with van der Waals surface area (Å²) in [6.45, 7) is 1.68. The molecule has 1 aliphatic heterocycles. The number of hydrogen-bond acceptors (Lipinski definition) is 4. The van der Waals surface area contributed by atoms with Gasteiger partial charge in [0.25, 0.3) is 5.91 Å². The zero-order valence-electron chi connectivity index (χ0n) is 17.2. The maximum absolute atomic E-state index is 13.1. The molecule has 2 aromatic carbocycles. The lowest BCUT2D eigenvalue weighted by Crippen LogP contribution is -2.54. The van der Waals surface area contributed by atoms with Crippen molar-refractivity contribution in [2.75, 3.05) is 11.9 Å². The molecule has 0 bridgehead atoms. The molecule has 31 heavy (non-hydrogen) atoms. The first-order valence-electron chi connectivity index (χ1n) is 10.4. The Morgan fingerprint density at radius 3 is 2.68 bits per heavy atom. The molecule has 1 saturated carbocycles. The zero-order chi connectivity index (χ0) is 22.0. The lowest BCUT2D eigenvalue weighted by molar-refractivity contribution is -0.136. The van der Waals surface area contributed by atoms with Gasteiger partial charge >= 0.3 is 6.03 Å². The Bertz CT molecular complexity index is 1010. The van der Waals surface area contributed by atoms with Crippen LogP contribution in [0.15, 0.2) is 58.3 Å². The van der Waals surface area contributed by atoms with E-state index in [1.54, 1.807) is 6.07 Å². The number of rotatable bonds is 5. The highest BCUT2D eigenvalue weighted by Crippen LogP contribution is 2.38. The van der Waals surface area contributed by atoms with E-state index in [0.29, 0.717) is 17.1 Å². The second-order valence-corrected chi connectivity index (χ2v) is 9.59. The number of benzene rings is 2. The Hall–Kier alpha value is -2.51. The van der Waals surface area contributed by atoms with E-state index in [4.69, 9.17) is 11.6 Å². The average molecular weight is 458 g/mol. The number of anilines is 1. The second-order valence-electron chi connectivity index (χ2n) is 8.04. The van der Waals surface area contributed by atoms with Crippen molar-refractivity contribution < 1.29 is 14.4 Å². The summed E-state index contributed by atoms with van der Waals surface area (Å²) < 4.78 is 0. The molecule has 162 valence electrons. The van der Waals surface area contributed by atoms with Crippen molar-refractivity contribution in [2.24, 2.45) is 5.92 Å². The van der Waals surface area contributed by atoms with Gasteiger partial charge in [-0.15, -0.1) is 0 Å². The molecule has 0 aromatic heterocycles. The number of urea groups is 1. The van der Waals surface area contributed by atoms with Crippen LogP contribution in [-0.2, 0) is 9.59 Å². The first-order chi connectivity index (χ1) is 14.9. The molecule has 2 unspecified atom stereocenters. The fourth-order valence-electron chi connectivity index (χ4n) is 4.26. The molecule has 2 aromatic rings. The van der Waals surface area contributed by atoms with Gasteiger partial charge in [0, 0.05) is 14.8 Å². The third-order valence-corrected chi connectivity index (χ3v) is 7.34. The molecule has 1 heterocycles. The topological polar surface area (TPSA) is 78.5 Å². The van der Waals surface area contributed by atoms with Crippen molar-refractivity contribution in [1.29, 1.82) is 0 Å². The molecule has 2 N–H and O–H groups in total. The molecule has 8 heteroatoms. The van der Waals surface area contributed by atoms with Crippen molar-refractivity contribution >= 4 is 46.9 Å². The van der Waals surface area contributed by atoms with E-state index in [-0.39, 0.29) is 18.4 Å². The highest BCUT2D eigenvalue weighted by Gasteiger charge is 2.55. The minimum Gasteiger partial charge on any atom is -0.323 e. The van der Waals surface area contributed by atoms with Crippen LogP contribution >= 0.6 is 23.4 Å². The van der Waals surface area contributed by atoms with Crippen LogP contribution in [0.2, 0.25) is 5.02 Å². The SMILES string of the molecule is CC1CCCCC12NC(=O)N(CC(=O)Nc1ccccc1Sc1ccc(Cl)cc1)C2=O. The van der Waals surface area contributed by atoms with Crippen LogP contribution in [-0.4, -0.2) is 34.8 Å². The maximum atomic E-state index is 13.1. The third kappa shape index (κ3) is 4.43. The standard InChI is InChI=1S/C23H24ClN3O3S/c1-15-6-4-5-13-23(15)21(29)27(22(30)26-23)14-20(28)25-18-7-2-3-8-19(18)31-17-11-9-16(24)10-12-17/h2-3,7-12,15H,4-6,13-14H2,1H3,(H,25,28)(H,26,30). The first kappa shape index (κ1) is 21.7. The fraction of sp³-hybridized carbons (Fsp3) is 0.348. The van der Waals surface area contributed by atoms with Gasteiger partial charge in [-0.05, 0) is 55.2 Å². The normalized spacial score (nSPS) is 23.2. The highest BCUT2D eigenvalue weighted by atomic mass is 35.5. The van der Waals surface area contributed by atoms with Gasteiger partial charge in [-0.25, -0.2) is 4.79 Å². The summed E-state index contributed by atoms with van der Waals surface area (Å²) in [4.78, 5) is 41.2. The molecule has 2 aliphatic rings. The van der Waals surface area contributed by atoms with Crippen LogP contribution in [0, 0.1) is 5.92 Å². The molecular weight excluding hydrogens is 434 g/mol. The number of imide groups is 1. The van der Waals surface area contributed by atoms with E-state index in [2.05, 4.69) is 10.6 Å². The highest BCUT2D eigenvalue weighted by molar-refractivity contribution is 7.99. The largest absolute Gasteiger partial charge is 0.325 e. The number of carbonyl (C=O) groups is 3. The average Bonchev–Trinajstić information content (AvgIpc) is 2.98. The number of halogens is 1. The van der Waals surface area contributed by atoms with Gasteiger partial charge < -0.3 is 10.6 Å². The van der Waals surface area contributed by atoms with Crippen molar-refractivity contribution in [2.45, 2.75) is 47.9 Å². The van der Waals surface area contributed by atoms with E-state index in [9.17, 15) is 14.4 Å². The van der Waals surface area contributed by atoms with Crippen LogP contribution in [0.1, 0.15) is 32.6 Å². The lowest BCUT2D eigenvalue weighted by atomic mass is 9.73. The van der Waals surface area contributed by atoms with Gasteiger partial charge in [0.2, 0.25) is 5.91 Å². The predicted molar refractivity (Wildman–Crippen MR) is 121 cm³/mol. The first-order valence-corrected chi connectivity index (χ1v) is 11.5. The summed E-state index contributed by atoms with van der Waals surface area (Å²) in [7, 11) is 0. The fourth-order valence-corrected chi connectivity index (χ4v) is 5.29. The van der Waals surface area contributed by atoms with Gasteiger partial charge in [-0.1, -0.05) is 55.3 Å².